The molecule has 2 aromatic rings. The Hall–Kier alpha value is -1.89. The van der Waals surface area contributed by atoms with E-state index in [-0.39, 0.29) is 12.4 Å². The van der Waals surface area contributed by atoms with Crippen molar-refractivity contribution in [1.82, 2.24) is 9.78 Å². The second-order valence-electron chi connectivity index (χ2n) is 4.30. The number of hydrogen-bond donors (Lipinski definition) is 1. The Morgan fingerprint density at radius 1 is 1.52 bits per heavy atom. The van der Waals surface area contributed by atoms with Crippen LogP contribution in [0.3, 0.4) is 0 Å². The van der Waals surface area contributed by atoms with E-state index >= 15 is 0 Å². The normalized spacial score (nSPS) is 10.5. The van der Waals surface area contributed by atoms with Crippen molar-refractivity contribution in [2.75, 3.05) is 11.9 Å². The molecule has 0 saturated carbocycles. The summed E-state index contributed by atoms with van der Waals surface area (Å²) >= 11 is 3.29. The largest absolute Gasteiger partial charge is 0.462 e. The van der Waals surface area contributed by atoms with Gasteiger partial charge < -0.3 is 10.1 Å². The zero-order valence-corrected chi connectivity index (χ0v) is 13.3. The van der Waals surface area contributed by atoms with Gasteiger partial charge in [-0.3, -0.25) is 4.68 Å². The second kappa shape index (κ2) is 6.71. The highest BCUT2D eigenvalue weighted by Gasteiger charge is 2.17. The summed E-state index contributed by atoms with van der Waals surface area (Å²) in [6.45, 7) is 2.28. The Balaban J connectivity index is 2.21. The highest BCUT2D eigenvalue weighted by atomic mass is 79.9. The summed E-state index contributed by atoms with van der Waals surface area (Å²) in [5.41, 5.74) is 1.34. The maximum Gasteiger partial charge on any atom is 0.341 e. The van der Waals surface area contributed by atoms with Crippen LogP contribution in [0.25, 0.3) is 0 Å². The summed E-state index contributed by atoms with van der Waals surface area (Å²) in [4.78, 5) is 11.8. The Morgan fingerprint density at radius 2 is 2.29 bits per heavy atom. The smallest absolute Gasteiger partial charge is 0.341 e. The summed E-state index contributed by atoms with van der Waals surface area (Å²) in [6.07, 6.45) is 1.45. The molecule has 0 aliphatic heterocycles. The first-order valence-corrected chi connectivity index (χ1v) is 7.19. The van der Waals surface area contributed by atoms with Crippen molar-refractivity contribution in [3.8, 4) is 0 Å². The topological polar surface area (TPSA) is 56.1 Å². The van der Waals surface area contributed by atoms with Crippen LogP contribution >= 0.6 is 15.9 Å². The van der Waals surface area contributed by atoms with Gasteiger partial charge in [-0.15, -0.1) is 0 Å². The van der Waals surface area contributed by atoms with Gasteiger partial charge in [0, 0.05) is 11.5 Å². The van der Waals surface area contributed by atoms with Crippen molar-refractivity contribution in [1.29, 1.82) is 0 Å². The van der Waals surface area contributed by atoms with Gasteiger partial charge in [-0.2, -0.15) is 5.10 Å². The van der Waals surface area contributed by atoms with E-state index < -0.39 is 5.97 Å². The summed E-state index contributed by atoms with van der Waals surface area (Å²) in [5, 5.41) is 7.02. The molecular weight excluding hydrogens is 341 g/mol. The molecule has 0 saturated heterocycles. The number of para-hydroxylation sites is 1. The van der Waals surface area contributed by atoms with E-state index in [4.69, 9.17) is 4.74 Å². The van der Waals surface area contributed by atoms with Crippen molar-refractivity contribution >= 4 is 27.6 Å². The third-order valence-electron chi connectivity index (χ3n) is 2.95. The van der Waals surface area contributed by atoms with Gasteiger partial charge in [0.1, 0.15) is 11.4 Å². The molecular formula is C14H15BrFN3O2. The average Bonchev–Trinajstić information content (AvgIpc) is 2.80. The first-order chi connectivity index (χ1) is 10.0. The number of aromatic nitrogens is 2. The maximum absolute atomic E-state index is 13.8. The zero-order valence-electron chi connectivity index (χ0n) is 11.7. The molecule has 1 aromatic heterocycles. The molecule has 0 radical (unpaired) electrons. The van der Waals surface area contributed by atoms with Crippen LogP contribution in [0.2, 0.25) is 0 Å². The van der Waals surface area contributed by atoms with Crippen molar-refractivity contribution in [2.24, 2.45) is 7.05 Å². The van der Waals surface area contributed by atoms with E-state index in [1.807, 2.05) is 0 Å². The van der Waals surface area contributed by atoms with E-state index in [2.05, 4.69) is 26.3 Å². The van der Waals surface area contributed by atoms with Crippen molar-refractivity contribution in [3.05, 3.63) is 45.9 Å². The molecule has 7 heteroatoms. The SMILES string of the molecule is CCOC(=O)c1cnn(C)c1CNc1c(F)cccc1Br. The Labute approximate surface area is 130 Å². The highest BCUT2D eigenvalue weighted by Crippen LogP contribution is 2.26. The van der Waals surface area contributed by atoms with Crippen LogP contribution in [0, 0.1) is 5.82 Å². The van der Waals surface area contributed by atoms with Gasteiger partial charge in [0.15, 0.2) is 0 Å². The first-order valence-electron chi connectivity index (χ1n) is 6.40. The molecule has 0 aliphatic rings. The molecule has 0 aliphatic carbocycles. The lowest BCUT2D eigenvalue weighted by Crippen LogP contribution is -2.13. The summed E-state index contributed by atoms with van der Waals surface area (Å²) in [6, 6.07) is 4.71. The number of halogens is 2. The van der Waals surface area contributed by atoms with E-state index in [0.717, 1.165) is 0 Å². The van der Waals surface area contributed by atoms with Gasteiger partial charge in [0.2, 0.25) is 0 Å². The van der Waals surface area contributed by atoms with Crippen LogP contribution in [0.1, 0.15) is 23.0 Å². The number of hydrogen-bond acceptors (Lipinski definition) is 4. The fourth-order valence-electron chi connectivity index (χ4n) is 1.89. The monoisotopic (exact) mass is 355 g/mol. The van der Waals surface area contributed by atoms with E-state index in [9.17, 15) is 9.18 Å². The Morgan fingerprint density at radius 3 is 2.95 bits per heavy atom. The minimum atomic E-state index is -0.435. The molecule has 0 amide bonds. The summed E-state index contributed by atoms with van der Waals surface area (Å²) < 4.78 is 20.9. The molecule has 1 heterocycles. The fraction of sp³-hybridized carbons (Fsp3) is 0.286. The quantitative estimate of drug-likeness (QED) is 0.837. The molecule has 1 aromatic carbocycles. The van der Waals surface area contributed by atoms with Gasteiger partial charge in [0.25, 0.3) is 0 Å². The third kappa shape index (κ3) is 3.41. The lowest BCUT2D eigenvalue weighted by atomic mass is 10.2. The molecule has 0 unspecified atom stereocenters. The molecule has 1 N–H and O–H groups in total. The second-order valence-corrected chi connectivity index (χ2v) is 5.15. The zero-order chi connectivity index (χ0) is 15.4. The molecule has 0 fully saturated rings. The number of aryl methyl sites for hydroxylation is 1. The Bertz CT molecular complexity index is 637. The predicted octanol–water partition coefficient (Wildman–Crippen LogP) is 3.11. The van der Waals surface area contributed by atoms with Crippen LogP contribution in [-0.2, 0) is 18.3 Å². The number of rotatable bonds is 5. The van der Waals surface area contributed by atoms with E-state index in [0.29, 0.717) is 28.0 Å². The molecule has 5 nitrogen and oxygen atoms in total. The summed E-state index contributed by atoms with van der Waals surface area (Å²) in [5.74, 6) is -0.806. The first kappa shape index (κ1) is 15.5. The van der Waals surface area contributed by atoms with E-state index in [1.165, 1.54) is 12.3 Å². The third-order valence-corrected chi connectivity index (χ3v) is 3.61. The maximum atomic E-state index is 13.8. The van der Waals surface area contributed by atoms with Crippen LogP contribution in [0.5, 0.6) is 0 Å². The fourth-order valence-corrected chi connectivity index (χ4v) is 2.37. The molecule has 21 heavy (non-hydrogen) atoms. The average molecular weight is 356 g/mol. The van der Waals surface area contributed by atoms with Gasteiger partial charge in [-0.1, -0.05) is 6.07 Å². The molecule has 0 atom stereocenters. The van der Waals surface area contributed by atoms with Gasteiger partial charge in [-0.25, -0.2) is 9.18 Å². The lowest BCUT2D eigenvalue weighted by molar-refractivity contribution is 0.0525. The predicted molar refractivity (Wildman–Crippen MR) is 80.6 cm³/mol. The number of nitrogens with one attached hydrogen (secondary N) is 1. The molecule has 0 spiro atoms. The van der Waals surface area contributed by atoms with Gasteiger partial charge in [0.05, 0.1) is 30.7 Å². The number of nitrogens with zero attached hydrogens (tertiary/aromatic N) is 2. The molecule has 2 rings (SSSR count). The number of anilines is 1. The van der Waals surface area contributed by atoms with Crippen molar-refractivity contribution in [2.45, 2.75) is 13.5 Å². The molecule has 0 bridgehead atoms. The minimum absolute atomic E-state index is 0.254. The number of benzene rings is 1. The number of ether oxygens (including phenoxy) is 1. The molecule has 112 valence electrons. The number of esters is 1. The van der Waals surface area contributed by atoms with Gasteiger partial charge >= 0.3 is 5.97 Å². The minimum Gasteiger partial charge on any atom is -0.462 e. The number of carbonyl (C=O) groups is 1. The van der Waals surface area contributed by atoms with Crippen LogP contribution in [0.4, 0.5) is 10.1 Å². The van der Waals surface area contributed by atoms with Crippen LogP contribution < -0.4 is 5.32 Å². The van der Waals surface area contributed by atoms with Crippen molar-refractivity contribution < 1.29 is 13.9 Å². The number of carbonyl (C=O) groups excluding carboxylic acids is 1. The van der Waals surface area contributed by atoms with Crippen LogP contribution in [-0.4, -0.2) is 22.4 Å². The van der Waals surface area contributed by atoms with Gasteiger partial charge in [-0.05, 0) is 35.0 Å². The summed E-state index contributed by atoms with van der Waals surface area (Å²) in [7, 11) is 1.72. The Kier molecular flexibility index (Phi) is 4.95. The van der Waals surface area contributed by atoms with Crippen LogP contribution in [0.15, 0.2) is 28.9 Å². The standard InChI is InChI=1S/C14H15BrFN3O2/c1-3-21-14(20)9-7-18-19(2)12(9)8-17-13-10(15)5-4-6-11(13)16/h4-7,17H,3,8H2,1-2H3. The van der Waals surface area contributed by atoms with Crippen molar-refractivity contribution in [3.63, 3.8) is 0 Å². The highest BCUT2D eigenvalue weighted by molar-refractivity contribution is 9.10. The lowest BCUT2D eigenvalue weighted by Gasteiger charge is -2.11. The van der Waals surface area contributed by atoms with E-state index in [1.54, 1.807) is 30.8 Å².